The molecule has 0 radical (unpaired) electrons. The molecule has 0 aliphatic heterocycles. The second-order valence-electron chi connectivity index (χ2n) is 23.2. The minimum atomic E-state index is -1.20. The van der Waals surface area contributed by atoms with E-state index in [4.69, 9.17) is 19.9 Å². The number of nitrogens with zero attached hydrogens (tertiary/aromatic N) is 7. The lowest BCUT2D eigenvalue weighted by Crippen LogP contribution is -2.55. The number of quaternary nitrogens is 1. The number of halogens is 1. The number of hydrogen-bond acceptors (Lipinski definition) is 18. The predicted octanol–water partition coefficient (Wildman–Crippen LogP) is 8.47. The number of alkyl carbamates (subject to hydrolysis) is 1. The summed E-state index contributed by atoms with van der Waals surface area (Å²) in [6.07, 6.45) is 0.00636. The fraction of sp³-hybridized carbons (Fsp3) is 0.443. The number of aromatic carboxylic acids is 1. The van der Waals surface area contributed by atoms with E-state index in [2.05, 4.69) is 58.6 Å². The van der Waals surface area contributed by atoms with E-state index < -0.39 is 65.6 Å². The molecule has 6 aromatic rings. The first kappa shape index (κ1) is 68.4. The Kier molecular flexibility index (Phi) is 24.7. The van der Waals surface area contributed by atoms with Gasteiger partial charge in [0.2, 0.25) is 11.8 Å². The molecule has 9 N–H and O–H groups in total. The Balaban J connectivity index is 0.992. The third-order valence-corrected chi connectivity index (χ3v) is 15.1. The summed E-state index contributed by atoms with van der Waals surface area (Å²) in [6.45, 7) is 11.4. The van der Waals surface area contributed by atoms with Gasteiger partial charge in [-0.25, -0.2) is 33.5 Å². The molecule has 3 atom stereocenters. The molecule has 472 valence electrons. The number of amides is 6. The number of primary amides is 1. The lowest BCUT2D eigenvalue weighted by atomic mass is 10.0. The summed E-state index contributed by atoms with van der Waals surface area (Å²) in [5.74, 6) is 3.23. The first-order valence-corrected chi connectivity index (χ1v) is 30.2. The number of carboxylic acids is 1. The summed E-state index contributed by atoms with van der Waals surface area (Å²) < 4.78 is 33.5. The summed E-state index contributed by atoms with van der Waals surface area (Å²) in [4.78, 5) is 89.0. The van der Waals surface area contributed by atoms with Gasteiger partial charge in [-0.1, -0.05) is 61.3 Å². The number of ether oxygens (including phenoxy) is 3. The number of aromatic nitrogens is 4. The number of likely N-dealkylation sites (N-methyl/N-ethyl adjacent to an activating group) is 1. The van der Waals surface area contributed by atoms with Gasteiger partial charge < -0.3 is 71.0 Å². The normalized spacial score (nSPS) is 12.4. The lowest BCUT2D eigenvalue weighted by molar-refractivity contribution is -0.873. The molecular weight excluding hydrogens is 1170 g/mol. The van der Waals surface area contributed by atoms with Gasteiger partial charge >= 0.3 is 24.2 Å². The zero-order chi connectivity index (χ0) is 64.3. The van der Waals surface area contributed by atoms with Gasteiger partial charge in [-0.05, 0) is 132 Å². The van der Waals surface area contributed by atoms with Gasteiger partial charge in [-0.3, -0.25) is 9.59 Å². The van der Waals surface area contributed by atoms with Crippen molar-refractivity contribution in [3.63, 3.8) is 0 Å². The molecule has 88 heavy (non-hydrogen) atoms. The van der Waals surface area contributed by atoms with Crippen molar-refractivity contribution in [3.05, 3.63) is 106 Å². The quantitative estimate of drug-likeness (QED) is 0.0124. The molecule has 0 aliphatic carbocycles. The highest BCUT2D eigenvalue weighted by Gasteiger charge is 2.31. The van der Waals surface area contributed by atoms with E-state index in [9.17, 15) is 39.0 Å². The topological polar surface area (TPSA) is 315 Å². The maximum absolute atomic E-state index is 15.3. The second kappa shape index (κ2) is 31.8. The zero-order valence-corrected chi connectivity index (χ0v) is 52.8. The smallest absolute Gasteiger partial charge is 0.410 e. The van der Waals surface area contributed by atoms with Crippen molar-refractivity contribution in [3.8, 4) is 17.6 Å². The maximum atomic E-state index is 15.3. The number of carbonyl (C=O) groups excluding carboxylic acids is 5. The number of urea groups is 1. The predicted molar refractivity (Wildman–Crippen MR) is 336 cm³/mol. The van der Waals surface area contributed by atoms with Crippen LogP contribution in [0.4, 0.5) is 46.4 Å². The molecule has 6 rings (SSSR count). The number of hydrogen-bond donors (Lipinski definition) is 8. The van der Waals surface area contributed by atoms with Gasteiger partial charge in [0.15, 0.2) is 39.2 Å². The van der Waals surface area contributed by atoms with E-state index in [0.29, 0.717) is 80.4 Å². The van der Waals surface area contributed by atoms with Crippen LogP contribution in [0, 0.1) is 30.5 Å². The highest BCUT2D eigenvalue weighted by molar-refractivity contribution is 7.22. The number of nitrogens with one attached hydrogen (secondary N) is 5. The van der Waals surface area contributed by atoms with E-state index in [1.165, 1.54) is 46.8 Å². The van der Waals surface area contributed by atoms with Crippen LogP contribution >= 0.6 is 22.7 Å². The largest absolute Gasteiger partial charge is 0.491 e. The van der Waals surface area contributed by atoms with E-state index in [1.54, 1.807) is 65.0 Å². The number of fused-ring (bicyclic) bond motifs is 1. The fourth-order valence-corrected chi connectivity index (χ4v) is 10.7. The molecule has 0 saturated heterocycles. The number of aliphatic hydroxyl groups is 1. The molecule has 0 saturated carbocycles. The molecule has 3 heterocycles. The number of benzene rings is 3. The molecule has 0 spiro atoms. The van der Waals surface area contributed by atoms with Gasteiger partial charge in [-0.2, -0.15) is 0 Å². The van der Waals surface area contributed by atoms with Crippen molar-refractivity contribution in [2.45, 2.75) is 110 Å². The summed E-state index contributed by atoms with van der Waals surface area (Å²) >= 11 is 2.70. The van der Waals surface area contributed by atoms with Crippen LogP contribution < -0.4 is 42.0 Å². The van der Waals surface area contributed by atoms with Crippen molar-refractivity contribution in [2.24, 2.45) is 11.7 Å². The number of carbonyl (C=O) groups is 6. The van der Waals surface area contributed by atoms with Crippen molar-refractivity contribution in [1.29, 1.82) is 0 Å². The number of rotatable bonds is 29. The molecule has 0 fully saturated rings. The summed E-state index contributed by atoms with van der Waals surface area (Å²) in [7, 11) is 7.52. The monoisotopic (exact) mass is 1250 g/mol. The Labute approximate surface area is 519 Å². The lowest BCUT2D eigenvalue weighted by Gasteiger charge is -2.27. The number of anilines is 5. The van der Waals surface area contributed by atoms with Gasteiger partial charge in [-0.15, -0.1) is 21.5 Å². The standard InChI is InChI=1S/C61H78FN13O11S2/c1-37(2)50(69-59(82)86-61(4,5)6)54(78)66-45(20-13-29-64-56(63)81)53(77)65-41-26-23-40(24-27-41)36-85-60(83)73(7)30-14-17-39-25-28-46(43(62)34-39)84-32-16-22-48-51(55(79)80)68-58(88-48)74(31-15-18-42(76)35-75(8,9)10)49-33-38(3)52(72-71-49)70-57-67-44-19-11-12-21-47(44)87-57/h11-12,19,21,23-28,33-34,37,42,45,50,76H,13,15-16,18,20,22,29-32,35-36H2,1-10H3,(H7-,63,64,65,66,67,69,70,72,77,78,79,80,81,82)/p+1/t42?,45-,50-/m0/s1. The minimum Gasteiger partial charge on any atom is -0.491 e. The summed E-state index contributed by atoms with van der Waals surface area (Å²) in [6, 6.07) is 17.5. The van der Waals surface area contributed by atoms with Crippen molar-refractivity contribution < 1.29 is 62.1 Å². The maximum Gasteiger partial charge on any atom is 0.410 e. The number of nitrogens with two attached hydrogens (primary N) is 1. The van der Waals surface area contributed by atoms with E-state index in [-0.39, 0.29) is 62.9 Å². The van der Waals surface area contributed by atoms with Gasteiger partial charge in [0.25, 0.3) is 0 Å². The molecule has 0 bridgehead atoms. The van der Waals surface area contributed by atoms with Gasteiger partial charge in [0.05, 0.1) is 44.5 Å². The third kappa shape index (κ3) is 21.9. The zero-order valence-electron chi connectivity index (χ0n) is 51.2. The molecule has 0 aliphatic rings. The molecule has 6 amide bonds. The number of thiazole rings is 2. The first-order valence-electron chi connectivity index (χ1n) is 28.6. The number of aryl methyl sites for hydroxylation is 2. The Morgan fingerprint density at radius 2 is 1.64 bits per heavy atom. The van der Waals surface area contributed by atoms with E-state index in [1.807, 2.05) is 63.3 Å². The van der Waals surface area contributed by atoms with Gasteiger partial charge in [0, 0.05) is 36.3 Å². The average Bonchev–Trinajstić information content (AvgIpc) is 3.79. The highest BCUT2D eigenvalue weighted by Crippen LogP contribution is 2.35. The summed E-state index contributed by atoms with van der Waals surface area (Å²) in [5.41, 5.74) is 7.20. The van der Waals surface area contributed by atoms with Crippen LogP contribution in [0.3, 0.4) is 0 Å². The Bertz CT molecular complexity index is 3420. The Morgan fingerprint density at radius 1 is 0.898 bits per heavy atom. The van der Waals surface area contributed by atoms with Crippen LogP contribution in [-0.4, -0.2) is 161 Å². The van der Waals surface area contributed by atoms with Crippen LogP contribution in [0.25, 0.3) is 10.2 Å². The number of para-hydroxylation sites is 1. The number of aliphatic hydroxyl groups excluding tert-OH is 1. The van der Waals surface area contributed by atoms with Crippen LogP contribution in [0.5, 0.6) is 5.75 Å². The summed E-state index contributed by atoms with van der Waals surface area (Å²) in [5, 5.41) is 45.0. The third-order valence-electron chi connectivity index (χ3n) is 13.0. The van der Waals surface area contributed by atoms with Crippen molar-refractivity contribution >= 4 is 96.5 Å². The van der Waals surface area contributed by atoms with Crippen LogP contribution in [0.1, 0.15) is 98.8 Å². The van der Waals surface area contributed by atoms with Crippen molar-refractivity contribution in [1.82, 2.24) is 41.0 Å². The minimum absolute atomic E-state index is 0.0238. The average molecular weight is 1250 g/mol. The van der Waals surface area contributed by atoms with E-state index >= 15 is 4.39 Å². The molecular formula is C61H79FN13O11S2+. The highest BCUT2D eigenvalue weighted by atomic mass is 32.1. The molecule has 3 aromatic carbocycles. The van der Waals surface area contributed by atoms with Gasteiger partial charge in [0.1, 0.15) is 36.9 Å². The van der Waals surface area contributed by atoms with Crippen LogP contribution in [0.2, 0.25) is 0 Å². The first-order chi connectivity index (χ1) is 41.6. The molecule has 24 nitrogen and oxygen atoms in total. The SMILES string of the molecule is Cc1cc(N(CCCC(O)C[N+](C)(C)C)c2nc(C(=O)O)c(CCCOc3ccc(C#CCN(C)C(=O)OCc4ccc(NC(=O)[C@H](CCCNC(N)=O)NC(=O)[C@@H](NC(=O)OC(C)(C)C)C(C)C)cc4)cc3F)s2)nnc1Nc1nc2ccccc2s1. The van der Waals surface area contributed by atoms with Crippen molar-refractivity contribution in [2.75, 3.05) is 76.5 Å². The second-order valence-corrected chi connectivity index (χ2v) is 25.3. The Hall–Kier alpha value is -8.71. The fourth-order valence-electron chi connectivity index (χ4n) is 8.68. The number of carboxylic acid groups (broad SMARTS) is 1. The Morgan fingerprint density at radius 3 is 2.30 bits per heavy atom. The molecule has 27 heteroatoms. The van der Waals surface area contributed by atoms with E-state index in [0.717, 1.165) is 15.8 Å². The molecule has 1 unspecified atom stereocenters. The van der Waals surface area contributed by atoms with Crippen LogP contribution in [0.15, 0.2) is 72.8 Å². The van der Waals surface area contributed by atoms with Crippen LogP contribution in [-0.2, 0) is 32.1 Å². The molecule has 3 aromatic heterocycles.